The Labute approximate surface area is 141 Å². The van der Waals surface area contributed by atoms with Gasteiger partial charge in [-0.3, -0.25) is 4.79 Å². The van der Waals surface area contributed by atoms with Crippen molar-refractivity contribution in [2.75, 3.05) is 13.1 Å². The van der Waals surface area contributed by atoms with Gasteiger partial charge in [0.1, 0.15) is 11.8 Å². The van der Waals surface area contributed by atoms with E-state index in [9.17, 15) is 18.0 Å². The molecule has 1 fully saturated rings. The Bertz CT molecular complexity index is 840. The summed E-state index contributed by atoms with van der Waals surface area (Å²) in [5.74, 6) is -0.382. The number of amides is 1. The van der Waals surface area contributed by atoms with Gasteiger partial charge in [0.25, 0.3) is 5.91 Å². The number of aromatic nitrogens is 1. The number of hydrogen-bond donors (Lipinski definition) is 0. The van der Waals surface area contributed by atoms with E-state index < -0.39 is 18.0 Å². The molecule has 2 heterocycles. The Morgan fingerprint density at radius 2 is 1.96 bits per heavy atom. The SMILES string of the molecule is N#Cc1cccc(C(=O)N2CC(Oc3cccc(C(F)(F)F)n3)C2)c1. The summed E-state index contributed by atoms with van der Waals surface area (Å²) in [5, 5.41) is 8.86. The summed E-state index contributed by atoms with van der Waals surface area (Å²) in [5.41, 5.74) is -0.257. The van der Waals surface area contributed by atoms with Gasteiger partial charge in [0.15, 0.2) is 0 Å². The molecule has 0 spiro atoms. The highest BCUT2D eigenvalue weighted by atomic mass is 19.4. The lowest BCUT2D eigenvalue weighted by Gasteiger charge is -2.38. The van der Waals surface area contributed by atoms with E-state index in [1.807, 2.05) is 6.07 Å². The summed E-state index contributed by atoms with van der Waals surface area (Å²) < 4.78 is 43.3. The molecular weight excluding hydrogens is 335 g/mol. The minimum absolute atomic E-state index is 0.126. The fourth-order valence-electron chi connectivity index (χ4n) is 2.39. The van der Waals surface area contributed by atoms with E-state index in [4.69, 9.17) is 10.00 Å². The fourth-order valence-corrected chi connectivity index (χ4v) is 2.39. The molecule has 0 atom stereocenters. The lowest BCUT2D eigenvalue weighted by molar-refractivity contribution is -0.141. The molecule has 0 unspecified atom stereocenters. The van der Waals surface area contributed by atoms with Crippen molar-refractivity contribution in [2.45, 2.75) is 12.3 Å². The molecule has 1 amide bonds. The average Bonchev–Trinajstić information content (AvgIpc) is 2.57. The van der Waals surface area contributed by atoms with Crippen LogP contribution in [0.2, 0.25) is 0 Å². The summed E-state index contributed by atoms with van der Waals surface area (Å²) in [6.45, 7) is 0.487. The molecule has 1 aromatic carbocycles. The number of halogens is 3. The zero-order valence-corrected chi connectivity index (χ0v) is 12.8. The van der Waals surface area contributed by atoms with Crippen LogP contribution in [0.3, 0.4) is 0 Å². The molecule has 0 radical (unpaired) electrons. The van der Waals surface area contributed by atoms with Gasteiger partial charge in [-0.05, 0) is 24.3 Å². The molecule has 3 rings (SSSR count). The molecular formula is C17H12F3N3O2. The van der Waals surface area contributed by atoms with Crippen molar-refractivity contribution in [2.24, 2.45) is 0 Å². The van der Waals surface area contributed by atoms with Crippen LogP contribution in [0.5, 0.6) is 5.88 Å². The van der Waals surface area contributed by atoms with E-state index in [2.05, 4.69) is 4.98 Å². The second kappa shape index (κ2) is 6.43. The first-order valence-electron chi connectivity index (χ1n) is 7.37. The number of nitriles is 1. The molecule has 5 nitrogen and oxygen atoms in total. The number of pyridine rings is 1. The van der Waals surface area contributed by atoms with Gasteiger partial charge < -0.3 is 9.64 Å². The van der Waals surface area contributed by atoms with Crippen LogP contribution in [0.4, 0.5) is 13.2 Å². The molecule has 128 valence electrons. The Morgan fingerprint density at radius 1 is 1.24 bits per heavy atom. The molecule has 2 aromatic rings. The van der Waals surface area contributed by atoms with Crippen molar-refractivity contribution in [1.82, 2.24) is 9.88 Å². The van der Waals surface area contributed by atoms with Gasteiger partial charge in [-0.25, -0.2) is 4.98 Å². The number of ether oxygens (including phenoxy) is 1. The molecule has 1 aliphatic heterocycles. The summed E-state index contributed by atoms with van der Waals surface area (Å²) in [6, 6.07) is 11.7. The van der Waals surface area contributed by atoms with Crippen LogP contribution in [0, 0.1) is 11.3 Å². The number of alkyl halides is 3. The summed E-state index contributed by atoms with van der Waals surface area (Å²) >= 11 is 0. The van der Waals surface area contributed by atoms with Gasteiger partial charge in [0.05, 0.1) is 24.7 Å². The van der Waals surface area contributed by atoms with Gasteiger partial charge >= 0.3 is 6.18 Å². The van der Waals surface area contributed by atoms with Crippen LogP contribution in [0.1, 0.15) is 21.6 Å². The summed E-state index contributed by atoms with van der Waals surface area (Å²) in [4.78, 5) is 17.2. The van der Waals surface area contributed by atoms with E-state index in [1.54, 1.807) is 18.2 Å². The highest BCUT2D eigenvalue weighted by Crippen LogP contribution is 2.29. The maximum atomic E-state index is 12.6. The first kappa shape index (κ1) is 16.8. The van der Waals surface area contributed by atoms with Crippen molar-refractivity contribution < 1.29 is 22.7 Å². The number of rotatable bonds is 3. The van der Waals surface area contributed by atoms with E-state index in [-0.39, 0.29) is 24.9 Å². The van der Waals surface area contributed by atoms with Crippen molar-refractivity contribution in [3.8, 4) is 11.9 Å². The molecule has 8 heteroatoms. The number of likely N-dealkylation sites (tertiary alicyclic amines) is 1. The van der Waals surface area contributed by atoms with Crippen LogP contribution in [0.25, 0.3) is 0 Å². The maximum absolute atomic E-state index is 12.6. The van der Waals surface area contributed by atoms with E-state index >= 15 is 0 Å². The predicted molar refractivity (Wildman–Crippen MR) is 80.7 cm³/mol. The lowest BCUT2D eigenvalue weighted by atomic mass is 10.1. The number of carbonyl (C=O) groups excluding carboxylic acids is 1. The number of benzene rings is 1. The summed E-state index contributed by atoms with van der Waals surface area (Å²) in [7, 11) is 0. The molecule has 0 aliphatic carbocycles. The molecule has 25 heavy (non-hydrogen) atoms. The molecule has 1 aliphatic rings. The number of nitrogens with zero attached hydrogens (tertiary/aromatic N) is 3. The fraction of sp³-hybridized carbons (Fsp3) is 0.235. The molecule has 1 saturated heterocycles. The third-order valence-electron chi connectivity index (χ3n) is 3.68. The maximum Gasteiger partial charge on any atom is 0.433 e. The third-order valence-corrected chi connectivity index (χ3v) is 3.68. The van der Waals surface area contributed by atoms with Crippen molar-refractivity contribution in [3.63, 3.8) is 0 Å². The van der Waals surface area contributed by atoms with Crippen molar-refractivity contribution >= 4 is 5.91 Å². The van der Waals surface area contributed by atoms with Crippen LogP contribution < -0.4 is 4.74 Å². The lowest BCUT2D eigenvalue weighted by Crippen LogP contribution is -2.56. The first-order chi connectivity index (χ1) is 11.9. The largest absolute Gasteiger partial charge is 0.471 e. The van der Waals surface area contributed by atoms with Crippen LogP contribution in [0.15, 0.2) is 42.5 Å². The standard InChI is InChI=1S/C17H12F3N3O2/c18-17(19,20)14-5-2-6-15(22-14)25-13-9-23(10-13)16(24)12-4-1-3-11(7-12)8-21/h1-7,13H,9-10H2. The molecule has 0 saturated carbocycles. The average molecular weight is 347 g/mol. The second-order valence-corrected chi connectivity index (χ2v) is 5.50. The topological polar surface area (TPSA) is 66.2 Å². The van der Waals surface area contributed by atoms with E-state index in [0.29, 0.717) is 11.1 Å². The Hall–Kier alpha value is -3.08. The van der Waals surface area contributed by atoms with E-state index in [0.717, 1.165) is 6.07 Å². The van der Waals surface area contributed by atoms with Crippen LogP contribution >= 0.6 is 0 Å². The number of carbonyl (C=O) groups is 1. The first-order valence-corrected chi connectivity index (χ1v) is 7.37. The van der Waals surface area contributed by atoms with Gasteiger partial charge in [-0.15, -0.1) is 0 Å². The van der Waals surface area contributed by atoms with E-state index in [1.165, 1.54) is 23.1 Å². The Morgan fingerprint density at radius 3 is 2.64 bits per heavy atom. The quantitative estimate of drug-likeness (QED) is 0.856. The summed E-state index contributed by atoms with van der Waals surface area (Å²) in [6.07, 6.45) is -4.95. The van der Waals surface area contributed by atoms with Crippen molar-refractivity contribution in [3.05, 3.63) is 59.3 Å². The zero-order valence-electron chi connectivity index (χ0n) is 12.8. The molecule has 1 aromatic heterocycles. The van der Waals surface area contributed by atoms with Gasteiger partial charge in [0, 0.05) is 11.6 Å². The zero-order chi connectivity index (χ0) is 18.0. The van der Waals surface area contributed by atoms with Crippen molar-refractivity contribution in [1.29, 1.82) is 5.26 Å². The Kier molecular flexibility index (Phi) is 4.31. The Balaban J connectivity index is 1.60. The molecule has 0 N–H and O–H groups in total. The van der Waals surface area contributed by atoms with Crippen LogP contribution in [-0.2, 0) is 6.18 Å². The normalized spacial score (nSPS) is 14.6. The monoisotopic (exact) mass is 347 g/mol. The third kappa shape index (κ3) is 3.71. The van der Waals surface area contributed by atoms with Gasteiger partial charge in [-0.2, -0.15) is 18.4 Å². The highest BCUT2D eigenvalue weighted by molar-refractivity contribution is 5.95. The minimum Gasteiger partial charge on any atom is -0.471 e. The smallest absolute Gasteiger partial charge is 0.433 e. The number of hydrogen-bond acceptors (Lipinski definition) is 4. The second-order valence-electron chi connectivity index (χ2n) is 5.50. The van der Waals surface area contributed by atoms with Gasteiger partial charge in [-0.1, -0.05) is 12.1 Å². The molecule has 0 bridgehead atoms. The minimum atomic E-state index is -4.53. The predicted octanol–water partition coefficient (Wildman–Crippen LogP) is 2.88. The van der Waals surface area contributed by atoms with Crippen LogP contribution in [-0.4, -0.2) is 35.0 Å². The highest BCUT2D eigenvalue weighted by Gasteiger charge is 2.35. The van der Waals surface area contributed by atoms with Gasteiger partial charge in [0.2, 0.25) is 5.88 Å².